The molecule has 116 valence electrons. The maximum atomic E-state index is 11.8. The summed E-state index contributed by atoms with van der Waals surface area (Å²) in [5, 5.41) is 11.0. The number of hydrogen-bond acceptors (Lipinski definition) is 6. The maximum Gasteiger partial charge on any atom is 0.270 e. The van der Waals surface area contributed by atoms with Crippen LogP contribution in [0.3, 0.4) is 0 Å². The average Bonchev–Trinajstić information content (AvgIpc) is 2.49. The Balaban J connectivity index is 1.93. The van der Waals surface area contributed by atoms with E-state index >= 15 is 0 Å². The van der Waals surface area contributed by atoms with Crippen LogP contribution in [-0.2, 0) is 9.84 Å². The van der Waals surface area contributed by atoms with Gasteiger partial charge in [-0.25, -0.2) is 13.4 Å². The van der Waals surface area contributed by atoms with Gasteiger partial charge in [0.05, 0.1) is 21.4 Å². The molecule has 0 amide bonds. The number of nitro groups is 1. The van der Waals surface area contributed by atoms with Crippen molar-refractivity contribution in [2.24, 2.45) is 0 Å². The molecule has 2 heterocycles. The first kappa shape index (κ1) is 14.7. The Morgan fingerprint density at radius 3 is 2.77 bits per heavy atom. The molecule has 8 heteroatoms. The van der Waals surface area contributed by atoms with E-state index in [2.05, 4.69) is 4.98 Å². The number of nitro benzene ring substituents is 1. The molecule has 0 saturated carbocycles. The Morgan fingerprint density at radius 1 is 1.32 bits per heavy atom. The van der Waals surface area contributed by atoms with Crippen LogP contribution in [0, 0.1) is 10.1 Å². The molecule has 1 aliphatic heterocycles. The fourth-order valence-electron chi connectivity index (χ4n) is 2.55. The highest BCUT2D eigenvalue weighted by atomic mass is 32.2. The van der Waals surface area contributed by atoms with E-state index < -0.39 is 20.0 Å². The van der Waals surface area contributed by atoms with Crippen LogP contribution in [0.5, 0.6) is 0 Å². The summed E-state index contributed by atoms with van der Waals surface area (Å²) >= 11 is 0. The molecule has 1 aromatic carbocycles. The van der Waals surface area contributed by atoms with Crippen LogP contribution in [-0.4, -0.2) is 42.4 Å². The molecule has 1 saturated heterocycles. The Labute approximate surface area is 127 Å². The third kappa shape index (κ3) is 2.61. The summed E-state index contributed by atoms with van der Waals surface area (Å²) in [6, 6.07) is 8.06. The monoisotopic (exact) mass is 321 g/mol. The number of aromatic nitrogens is 1. The molecule has 22 heavy (non-hydrogen) atoms. The van der Waals surface area contributed by atoms with E-state index in [-0.39, 0.29) is 11.4 Å². The number of fused-ring (bicyclic) bond motifs is 1. The predicted octanol–water partition coefficient (Wildman–Crippen LogP) is 1.77. The van der Waals surface area contributed by atoms with Crippen molar-refractivity contribution in [1.29, 1.82) is 0 Å². The Kier molecular flexibility index (Phi) is 3.48. The van der Waals surface area contributed by atoms with E-state index in [0.29, 0.717) is 29.8 Å². The predicted molar refractivity (Wildman–Crippen MR) is 83.9 cm³/mol. The number of sulfone groups is 1. The zero-order valence-corrected chi connectivity index (χ0v) is 12.8. The van der Waals surface area contributed by atoms with Crippen LogP contribution in [0.25, 0.3) is 10.9 Å². The van der Waals surface area contributed by atoms with Gasteiger partial charge in [0.15, 0.2) is 9.84 Å². The van der Waals surface area contributed by atoms with Crippen molar-refractivity contribution in [3.05, 3.63) is 40.4 Å². The van der Waals surface area contributed by atoms with Crippen LogP contribution in [0.2, 0.25) is 0 Å². The van der Waals surface area contributed by atoms with Gasteiger partial charge in [0.2, 0.25) is 0 Å². The Bertz CT molecular complexity index is 850. The molecule has 0 N–H and O–H groups in total. The highest BCUT2D eigenvalue weighted by molar-refractivity contribution is 7.92. The number of hydrogen-bond donors (Lipinski definition) is 0. The average molecular weight is 321 g/mol. The van der Waals surface area contributed by atoms with E-state index in [0.717, 1.165) is 0 Å². The van der Waals surface area contributed by atoms with Crippen molar-refractivity contribution < 1.29 is 13.3 Å². The van der Waals surface area contributed by atoms with Crippen LogP contribution < -0.4 is 4.90 Å². The van der Waals surface area contributed by atoms with Crippen LogP contribution in [0.15, 0.2) is 30.3 Å². The molecule has 1 unspecified atom stereocenters. The van der Waals surface area contributed by atoms with Gasteiger partial charge in [-0.1, -0.05) is 0 Å². The highest BCUT2D eigenvalue weighted by Gasteiger charge is 2.29. The third-order valence-electron chi connectivity index (χ3n) is 3.93. The molecule has 7 nitrogen and oxygen atoms in total. The van der Waals surface area contributed by atoms with Crippen LogP contribution in [0.4, 0.5) is 11.5 Å². The number of non-ortho nitro benzene ring substituents is 1. The topological polar surface area (TPSA) is 93.4 Å². The van der Waals surface area contributed by atoms with E-state index in [4.69, 9.17) is 0 Å². The molecule has 1 aliphatic rings. The number of benzene rings is 1. The fourth-order valence-corrected chi connectivity index (χ4v) is 3.84. The molecule has 0 spiro atoms. The highest BCUT2D eigenvalue weighted by Crippen LogP contribution is 2.24. The lowest BCUT2D eigenvalue weighted by molar-refractivity contribution is -0.384. The molecular formula is C14H15N3O4S. The molecule has 1 aromatic heterocycles. The lowest BCUT2D eigenvalue weighted by atomic mass is 10.2. The van der Waals surface area contributed by atoms with Crippen molar-refractivity contribution >= 4 is 32.2 Å². The first-order valence-electron chi connectivity index (χ1n) is 6.88. The number of nitrogens with zero attached hydrogens (tertiary/aromatic N) is 3. The smallest absolute Gasteiger partial charge is 0.270 e. The number of pyridine rings is 1. The third-order valence-corrected chi connectivity index (χ3v) is 6.06. The second-order valence-corrected chi connectivity index (χ2v) is 7.97. The molecule has 1 fully saturated rings. The van der Waals surface area contributed by atoms with E-state index in [1.54, 1.807) is 25.1 Å². The van der Waals surface area contributed by atoms with E-state index in [1.165, 1.54) is 12.1 Å². The van der Waals surface area contributed by atoms with Gasteiger partial charge in [0.25, 0.3) is 5.69 Å². The van der Waals surface area contributed by atoms with Gasteiger partial charge in [-0.3, -0.25) is 10.1 Å². The lowest BCUT2D eigenvalue weighted by Crippen LogP contribution is -2.45. The summed E-state index contributed by atoms with van der Waals surface area (Å²) in [5.41, 5.74) is 0.684. The van der Waals surface area contributed by atoms with Gasteiger partial charge >= 0.3 is 0 Å². The normalized spacial score (nSPS) is 21.0. The van der Waals surface area contributed by atoms with E-state index in [9.17, 15) is 18.5 Å². The molecule has 0 bridgehead atoms. The minimum absolute atomic E-state index is 0.0275. The molecule has 0 aliphatic carbocycles. The number of rotatable bonds is 2. The molecule has 3 rings (SSSR count). The van der Waals surface area contributed by atoms with Crippen molar-refractivity contribution in [2.45, 2.75) is 12.2 Å². The second kappa shape index (κ2) is 5.20. The first-order chi connectivity index (χ1) is 10.4. The number of anilines is 1. The van der Waals surface area contributed by atoms with Gasteiger partial charge in [-0.2, -0.15) is 0 Å². The second-order valence-electron chi connectivity index (χ2n) is 5.43. The van der Waals surface area contributed by atoms with Gasteiger partial charge in [0.1, 0.15) is 5.82 Å². The van der Waals surface area contributed by atoms with E-state index in [1.807, 2.05) is 4.90 Å². The van der Waals surface area contributed by atoms with Crippen LogP contribution >= 0.6 is 0 Å². The summed E-state index contributed by atoms with van der Waals surface area (Å²) in [5.74, 6) is 0.817. The van der Waals surface area contributed by atoms with Crippen LogP contribution in [0.1, 0.15) is 6.92 Å². The Morgan fingerprint density at radius 2 is 2.09 bits per heavy atom. The molecular weight excluding hydrogens is 306 g/mol. The van der Waals surface area contributed by atoms with Crippen molar-refractivity contribution in [1.82, 2.24) is 4.98 Å². The molecule has 0 radical (unpaired) electrons. The summed E-state index contributed by atoms with van der Waals surface area (Å²) in [7, 11) is -3.00. The Hall–Kier alpha value is -2.22. The summed E-state index contributed by atoms with van der Waals surface area (Å²) < 4.78 is 23.5. The van der Waals surface area contributed by atoms with Crippen molar-refractivity contribution in [3.8, 4) is 0 Å². The van der Waals surface area contributed by atoms with Gasteiger partial charge in [-0.15, -0.1) is 0 Å². The van der Waals surface area contributed by atoms with Crippen molar-refractivity contribution in [3.63, 3.8) is 0 Å². The van der Waals surface area contributed by atoms with Gasteiger partial charge < -0.3 is 4.90 Å². The molecule has 2 aromatic rings. The molecule has 1 atom stereocenters. The zero-order chi connectivity index (χ0) is 15.9. The van der Waals surface area contributed by atoms with Crippen molar-refractivity contribution in [2.75, 3.05) is 23.7 Å². The van der Waals surface area contributed by atoms with Gasteiger partial charge in [-0.05, 0) is 25.1 Å². The summed E-state index contributed by atoms with van der Waals surface area (Å²) in [4.78, 5) is 16.8. The maximum absolute atomic E-state index is 11.8. The van der Waals surface area contributed by atoms with Gasteiger partial charge in [0, 0.05) is 30.6 Å². The largest absolute Gasteiger partial charge is 0.354 e. The standard InChI is InChI=1S/C14H15N3O4S/c1-10-9-16(6-7-22(10,20)21)14-5-2-11-8-12(17(18)19)3-4-13(11)15-14/h2-5,8,10H,6-7,9H2,1H3. The zero-order valence-electron chi connectivity index (χ0n) is 12.0. The lowest BCUT2D eigenvalue weighted by Gasteiger charge is -2.31. The fraction of sp³-hybridized carbons (Fsp3) is 0.357. The summed E-state index contributed by atoms with van der Waals surface area (Å²) in [6.45, 7) is 2.53. The SMILES string of the molecule is CC1CN(c2ccc3cc([N+](=O)[O-])ccc3n2)CCS1(=O)=O. The summed E-state index contributed by atoms with van der Waals surface area (Å²) in [6.07, 6.45) is 0. The minimum Gasteiger partial charge on any atom is -0.354 e. The minimum atomic E-state index is -3.00. The quantitative estimate of drug-likeness (QED) is 0.618. The first-order valence-corrected chi connectivity index (χ1v) is 8.60.